The molecule has 8 heteroatoms. The summed E-state index contributed by atoms with van der Waals surface area (Å²) in [4.78, 5) is 11.8. The molecular weight excluding hydrogens is 484 g/mol. The van der Waals surface area contributed by atoms with Gasteiger partial charge in [-0.05, 0) is 63.7 Å². The Kier molecular flexibility index (Phi) is 3.43. The highest BCUT2D eigenvalue weighted by molar-refractivity contribution is 9.15. The van der Waals surface area contributed by atoms with Crippen molar-refractivity contribution in [2.75, 3.05) is 0 Å². The SMILES string of the molecule is O=C1OS(=O)c2c(Br)c(Br)c(Br)c(Br)c21. The number of carbonyl (C=O) groups excluding carboxylic acids is 1. The molecule has 1 aliphatic rings. The lowest BCUT2D eigenvalue weighted by Crippen LogP contribution is -1.96. The molecule has 1 unspecified atom stereocenters. The zero-order chi connectivity index (χ0) is 11.3. The number of hydrogen-bond acceptors (Lipinski definition) is 3. The van der Waals surface area contributed by atoms with Crippen molar-refractivity contribution < 1.29 is 13.2 Å². The van der Waals surface area contributed by atoms with Crippen molar-refractivity contribution in [2.24, 2.45) is 0 Å². The molecule has 1 aliphatic heterocycles. The Balaban J connectivity index is 2.92. The van der Waals surface area contributed by atoms with Crippen LogP contribution in [0.15, 0.2) is 22.8 Å². The van der Waals surface area contributed by atoms with Crippen LogP contribution in [0.1, 0.15) is 10.4 Å². The number of fused-ring (bicyclic) bond motifs is 1. The Morgan fingerprint density at radius 3 is 2.07 bits per heavy atom. The van der Waals surface area contributed by atoms with Gasteiger partial charge in [-0.2, -0.15) is 0 Å². The Labute approximate surface area is 121 Å². The van der Waals surface area contributed by atoms with E-state index in [9.17, 15) is 9.00 Å². The van der Waals surface area contributed by atoms with Gasteiger partial charge < -0.3 is 4.18 Å². The summed E-state index contributed by atoms with van der Waals surface area (Å²) in [6.07, 6.45) is 0. The molecule has 3 nitrogen and oxygen atoms in total. The van der Waals surface area contributed by atoms with E-state index in [-0.39, 0.29) is 5.56 Å². The van der Waals surface area contributed by atoms with Crippen LogP contribution < -0.4 is 0 Å². The maximum atomic E-state index is 11.5. The van der Waals surface area contributed by atoms with Crippen LogP contribution in [0.3, 0.4) is 0 Å². The Bertz CT molecular complexity index is 469. The maximum absolute atomic E-state index is 11.5. The minimum atomic E-state index is -1.75. The number of rotatable bonds is 0. The van der Waals surface area contributed by atoms with Crippen molar-refractivity contribution in [3.05, 3.63) is 23.5 Å². The predicted molar refractivity (Wildman–Crippen MR) is 69.1 cm³/mol. The van der Waals surface area contributed by atoms with Gasteiger partial charge in [0, 0.05) is 13.4 Å². The van der Waals surface area contributed by atoms with E-state index in [4.69, 9.17) is 0 Å². The minimum Gasteiger partial charge on any atom is -0.356 e. The fraction of sp³-hybridized carbons (Fsp3) is 0. The van der Waals surface area contributed by atoms with Crippen LogP contribution >= 0.6 is 63.7 Å². The first-order valence-electron chi connectivity index (χ1n) is 3.45. The Morgan fingerprint density at radius 1 is 0.933 bits per heavy atom. The molecule has 0 spiro atoms. The van der Waals surface area contributed by atoms with E-state index in [1.165, 1.54) is 0 Å². The van der Waals surface area contributed by atoms with Gasteiger partial charge in [-0.25, -0.2) is 9.00 Å². The number of benzene rings is 1. The first-order valence-corrected chi connectivity index (χ1v) is 7.70. The van der Waals surface area contributed by atoms with Crippen molar-refractivity contribution in [1.82, 2.24) is 0 Å². The first kappa shape index (κ1) is 12.2. The highest BCUT2D eigenvalue weighted by Crippen LogP contribution is 2.46. The van der Waals surface area contributed by atoms with Crippen LogP contribution in [0, 0.1) is 0 Å². The predicted octanol–water partition coefficient (Wildman–Crippen LogP) is 3.93. The van der Waals surface area contributed by atoms with Crippen LogP contribution in [0.2, 0.25) is 0 Å². The van der Waals surface area contributed by atoms with Gasteiger partial charge in [0.05, 0.1) is 10.0 Å². The standard InChI is InChI=1S/C7Br4O3S/c8-2-1-6(15(13)14-7(1)12)5(11)4(10)3(2)9. The zero-order valence-electron chi connectivity index (χ0n) is 6.64. The van der Waals surface area contributed by atoms with Gasteiger partial charge in [-0.3, -0.25) is 0 Å². The van der Waals surface area contributed by atoms with Gasteiger partial charge >= 0.3 is 5.97 Å². The highest BCUT2D eigenvalue weighted by atomic mass is 79.9. The van der Waals surface area contributed by atoms with Crippen molar-refractivity contribution >= 4 is 80.8 Å². The summed E-state index contributed by atoms with van der Waals surface area (Å²) >= 11 is 11.4. The normalized spacial score (nSPS) is 18.9. The van der Waals surface area contributed by atoms with Crippen molar-refractivity contribution in [1.29, 1.82) is 0 Å². The molecule has 0 fully saturated rings. The molecule has 1 aromatic rings. The Hall–Kier alpha value is 0.760. The van der Waals surface area contributed by atoms with Crippen LogP contribution in [-0.4, -0.2) is 10.2 Å². The van der Waals surface area contributed by atoms with Gasteiger partial charge in [0.15, 0.2) is 0 Å². The van der Waals surface area contributed by atoms with Crippen molar-refractivity contribution in [2.45, 2.75) is 4.90 Å². The number of hydrogen-bond donors (Lipinski definition) is 0. The van der Waals surface area contributed by atoms with Crippen LogP contribution in [0.25, 0.3) is 0 Å². The number of carbonyl (C=O) groups is 1. The average molecular weight is 484 g/mol. The molecule has 2 rings (SSSR count). The molecule has 0 radical (unpaired) electrons. The summed E-state index contributed by atoms with van der Waals surface area (Å²) in [6.45, 7) is 0. The molecular formula is C7Br4O3S. The number of halogens is 4. The third-order valence-corrected chi connectivity index (χ3v) is 7.82. The molecule has 0 aliphatic carbocycles. The van der Waals surface area contributed by atoms with Crippen LogP contribution in [0.4, 0.5) is 0 Å². The summed E-state index contributed by atoms with van der Waals surface area (Å²) < 4.78 is 18.6. The summed E-state index contributed by atoms with van der Waals surface area (Å²) in [7, 11) is 0. The van der Waals surface area contributed by atoms with Crippen molar-refractivity contribution in [3.8, 4) is 0 Å². The zero-order valence-corrected chi connectivity index (χ0v) is 13.8. The molecule has 0 N–H and O–H groups in total. The molecule has 80 valence electrons. The molecule has 1 atom stereocenters. The summed E-state index contributed by atoms with van der Waals surface area (Å²) in [5.41, 5.74) is 0.287. The monoisotopic (exact) mass is 480 g/mol. The van der Waals surface area contributed by atoms with Gasteiger partial charge in [-0.15, -0.1) is 0 Å². The van der Waals surface area contributed by atoms with Gasteiger partial charge in [0.2, 0.25) is 11.1 Å². The molecule has 0 bridgehead atoms. The van der Waals surface area contributed by atoms with E-state index < -0.39 is 17.0 Å². The summed E-state index contributed by atoms with van der Waals surface area (Å²) in [6, 6.07) is 0. The average Bonchev–Trinajstić information content (AvgIpc) is 2.47. The quantitative estimate of drug-likeness (QED) is 0.415. The van der Waals surface area contributed by atoms with E-state index in [2.05, 4.69) is 67.9 Å². The van der Waals surface area contributed by atoms with E-state index in [0.717, 1.165) is 0 Å². The lowest BCUT2D eigenvalue weighted by Gasteiger charge is -2.06. The van der Waals surface area contributed by atoms with Gasteiger partial charge in [-0.1, -0.05) is 0 Å². The maximum Gasteiger partial charge on any atom is 0.354 e. The fourth-order valence-electron chi connectivity index (χ4n) is 1.10. The lowest BCUT2D eigenvalue weighted by molar-refractivity contribution is 0.0770. The van der Waals surface area contributed by atoms with E-state index in [0.29, 0.717) is 22.8 Å². The topological polar surface area (TPSA) is 43.4 Å². The third-order valence-electron chi connectivity index (χ3n) is 1.75. The highest BCUT2D eigenvalue weighted by Gasteiger charge is 2.36. The molecule has 0 saturated carbocycles. The van der Waals surface area contributed by atoms with E-state index in [1.54, 1.807) is 0 Å². The molecule has 1 aromatic carbocycles. The van der Waals surface area contributed by atoms with Gasteiger partial charge in [0.1, 0.15) is 4.90 Å². The summed E-state index contributed by atoms with van der Waals surface area (Å²) in [5.74, 6) is -0.593. The largest absolute Gasteiger partial charge is 0.356 e. The molecule has 1 heterocycles. The first-order chi connectivity index (χ1) is 6.95. The Morgan fingerprint density at radius 2 is 1.47 bits per heavy atom. The van der Waals surface area contributed by atoms with Gasteiger partial charge in [0.25, 0.3) is 0 Å². The molecule has 0 aromatic heterocycles. The van der Waals surface area contributed by atoms with Crippen LogP contribution in [0.5, 0.6) is 0 Å². The second kappa shape index (κ2) is 4.21. The van der Waals surface area contributed by atoms with E-state index in [1.807, 2.05) is 0 Å². The second-order valence-electron chi connectivity index (χ2n) is 2.57. The molecule has 15 heavy (non-hydrogen) atoms. The van der Waals surface area contributed by atoms with Crippen LogP contribution in [-0.2, 0) is 15.3 Å². The summed E-state index contributed by atoms with van der Waals surface area (Å²) in [5, 5.41) is 0. The molecule has 0 saturated heterocycles. The third kappa shape index (κ3) is 1.78. The second-order valence-corrected chi connectivity index (χ2v) is 6.78. The lowest BCUT2D eigenvalue weighted by atomic mass is 10.2. The fourth-order valence-corrected chi connectivity index (χ4v) is 4.95. The smallest absolute Gasteiger partial charge is 0.354 e. The van der Waals surface area contributed by atoms with E-state index >= 15 is 0 Å². The minimum absolute atomic E-state index is 0.287. The van der Waals surface area contributed by atoms with Crippen molar-refractivity contribution in [3.63, 3.8) is 0 Å². The molecule has 0 amide bonds.